The molecule has 2 aliphatic rings. The molecule has 9 heteroatoms. The molecular formula is C22H20F3N5O. The molecule has 6 nitrogen and oxygen atoms in total. The Balaban J connectivity index is 1.20. The normalized spacial score (nSPS) is 17.4. The first-order valence-corrected chi connectivity index (χ1v) is 9.98. The lowest BCUT2D eigenvalue weighted by Crippen LogP contribution is -2.18. The second-order valence-electron chi connectivity index (χ2n) is 7.96. The summed E-state index contributed by atoms with van der Waals surface area (Å²) in [6.07, 6.45) is 4.16. The third-order valence-electron chi connectivity index (χ3n) is 5.61. The average Bonchev–Trinajstić information content (AvgIpc) is 3.45. The van der Waals surface area contributed by atoms with Gasteiger partial charge in [0.1, 0.15) is 5.60 Å². The molecule has 2 aromatic heterocycles. The molecule has 0 radical (unpaired) electrons. The Bertz CT molecular complexity index is 1070. The Morgan fingerprint density at radius 2 is 1.84 bits per heavy atom. The van der Waals surface area contributed by atoms with Gasteiger partial charge in [0.2, 0.25) is 0 Å². The summed E-state index contributed by atoms with van der Waals surface area (Å²) < 4.78 is 38.2. The number of hydrogen-bond acceptors (Lipinski definition) is 6. The Morgan fingerprint density at radius 3 is 2.52 bits per heavy atom. The second kappa shape index (κ2) is 7.58. The van der Waals surface area contributed by atoms with Gasteiger partial charge in [0.25, 0.3) is 0 Å². The summed E-state index contributed by atoms with van der Waals surface area (Å²) in [5.41, 5.74) is 6.37. The highest BCUT2D eigenvalue weighted by Crippen LogP contribution is 2.48. The van der Waals surface area contributed by atoms with Crippen molar-refractivity contribution in [1.29, 1.82) is 0 Å². The summed E-state index contributed by atoms with van der Waals surface area (Å²) in [7, 11) is 0. The van der Waals surface area contributed by atoms with Gasteiger partial charge in [-0.15, -0.1) is 0 Å². The standard InChI is InChI=1S/C22H20F3N5O/c23-22(24,25)17-3-1-15(2-4-17)12-30-13-16-9-18(10-28-19(16)14-30)29-31-21(5-6-21)20-11-26-7-8-27-20/h1-4,7-11,29H,5-6,12-14H2. The van der Waals surface area contributed by atoms with E-state index in [2.05, 4.69) is 25.3 Å². The minimum Gasteiger partial charge on any atom is -0.289 e. The van der Waals surface area contributed by atoms with E-state index in [9.17, 15) is 13.2 Å². The first-order valence-electron chi connectivity index (χ1n) is 9.98. The van der Waals surface area contributed by atoms with Gasteiger partial charge < -0.3 is 0 Å². The van der Waals surface area contributed by atoms with Crippen molar-refractivity contribution in [3.63, 3.8) is 0 Å². The minimum absolute atomic E-state index is 0.443. The van der Waals surface area contributed by atoms with Crippen molar-refractivity contribution in [2.45, 2.75) is 44.3 Å². The summed E-state index contributed by atoms with van der Waals surface area (Å²) in [6.45, 7) is 1.89. The van der Waals surface area contributed by atoms with Crippen LogP contribution in [0.5, 0.6) is 0 Å². The molecule has 1 aliphatic heterocycles. The Labute approximate surface area is 177 Å². The van der Waals surface area contributed by atoms with Crippen LogP contribution in [0.3, 0.4) is 0 Å². The molecule has 160 valence electrons. The maximum atomic E-state index is 12.7. The molecule has 0 bridgehead atoms. The van der Waals surface area contributed by atoms with Gasteiger partial charge in [0.05, 0.1) is 35.0 Å². The molecule has 1 aliphatic carbocycles. The molecule has 0 unspecified atom stereocenters. The number of hydrogen-bond donors (Lipinski definition) is 1. The van der Waals surface area contributed by atoms with Gasteiger partial charge in [-0.05, 0) is 42.2 Å². The minimum atomic E-state index is -4.32. The van der Waals surface area contributed by atoms with Crippen molar-refractivity contribution in [2.24, 2.45) is 0 Å². The fourth-order valence-electron chi connectivity index (χ4n) is 3.77. The van der Waals surface area contributed by atoms with Gasteiger partial charge in [-0.2, -0.15) is 13.2 Å². The molecule has 5 rings (SSSR count). The number of rotatable bonds is 6. The maximum absolute atomic E-state index is 12.7. The quantitative estimate of drug-likeness (QED) is 0.587. The number of anilines is 1. The lowest BCUT2D eigenvalue weighted by atomic mass is 10.1. The van der Waals surface area contributed by atoms with E-state index in [1.54, 1.807) is 24.8 Å². The molecule has 0 spiro atoms. The number of halogens is 3. The monoisotopic (exact) mass is 427 g/mol. The van der Waals surface area contributed by atoms with Crippen LogP contribution in [0.2, 0.25) is 0 Å². The molecule has 0 amide bonds. The topological polar surface area (TPSA) is 63.2 Å². The van der Waals surface area contributed by atoms with Crippen LogP contribution in [0.1, 0.15) is 40.9 Å². The summed E-state index contributed by atoms with van der Waals surface area (Å²) >= 11 is 0. The van der Waals surface area contributed by atoms with Gasteiger partial charge in [0.15, 0.2) is 0 Å². The predicted molar refractivity (Wildman–Crippen MR) is 106 cm³/mol. The van der Waals surface area contributed by atoms with Crippen molar-refractivity contribution < 1.29 is 18.0 Å². The predicted octanol–water partition coefficient (Wildman–Crippen LogP) is 4.44. The van der Waals surface area contributed by atoms with Crippen LogP contribution in [0.25, 0.3) is 0 Å². The van der Waals surface area contributed by atoms with Crippen molar-refractivity contribution in [2.75, 3.05) is 5.48 Å². The fourth-order valence-corrected chi connectivity index (χ4v) is 3.77. The zero-order valence-electron chi connectivity index (χ0n) is 16.6. The van der Waals surface area contributed by atoms with Crippen LogP contribution < -0.4 is 5.48 Å². The fraction of sp³-hybridized carbons (Fsp3) is 0.318. The number of alkyl halides is 3. The molecule has 3 aromatic rings. The molecule has 31 heavy (non-hydrogen) atoms. The largest absolute Gasteiger partial charge is 0.416 e. The van der Waals surface area contributed by atoms with E-state index < -0.39 is 17.3 Å². The lowest BCUT2D eigenvalue weighted by molar-refractivity contribution is -0.137. The van der Waals surface area contributed by atoms with E-state index in [4.69, 9.17) is 4.84 Å². The molecule has 0 atom stereocenters. The summed E-state index contributed by atoms with van der Waals surface area (Å²) in [4.78, 5) is 21.1. The van der Waals surface area contributed by atoms with Gasteiger partial charge in [0, 0.05) is 32.0 Å². The van der Waals surface area contributed by atoms with Crippen LogP contribution >= 0.6 is 0 Å². The van der Waals surface area contributed by atoms with Crippen molar-refractivity contribution in [1.82, 2.24) is 19.9 Å². The highest BCUT2D eigenvalue weighted by atomic mass is 19.4. The number of aromatic nitrogens is 3. The number of pyridine rings is 1. The molecular weight excluding hydrogens is 407 g/mol. The van der Waals surface area contributed by atoms with E-state index in [1.807, 2.05) is 6.07 Å². The SMILES string of the molecule is FC(F)(F)c1ccc(CN2Cc3cc(NOC4(c5cnccn5)CC4)cnc3C2)cc1. The highest BCUT2D eigenvalue weighted by Gasteiger charge is 2.48. The maximum Gasteiger partial charge on any atom is 0.416 e. The van der Waals surface area contributed by atoms with Crippen LogP contribution in [0.15, 0.2) is 55.1 Å². The first kappa shape index (κ1) is 19.9. The summed E-state index contributed by atoms with van der Waals surface area (Å²) in [5.74, 6) is 0. The van der Waals surface area contributed by atoms with E-state index in [1.165, 1.54) is 12.1 Å². The lowest BCUT2D eigenvalue weighted by Gasteiger charge is -2.16. The molecule has 1 N–H and O–H groups in total. The van der Waals surface area contributed by atoms with Crippen molar-refractivity contribution in [3.8, 4) is 0 Å². The van der Waals surface area contributed by atoms with Crippen LogP contribution in [0.4, 0.5) is 18.9 Å². The van der Waals surface area contributed by atoms with Gasteiger partial charge in [-0.1, -0.05) is 12.1 Å². The molecule has 0 saturated heterocycles. The van der Waals surface area contributed by atoms with Gasteiger partial charge in [-0.25, -0.2) is 0 Å². The first-order chi connectivity index (χ1) is 14.9. The molecule has 1 saturated carbocycles. The van der Waals surface area contributed by atoms with Crippen LogP contribution in [0, 0.1) is 0 Å². The van der Waals surface area contributed by atoms with Crippen LogP contribution in [-0.4, -0.2) is 19.9 Å². The number of nitrogens with one attached hydrogen (secondary N) is 1. The smallest absolute Gasteiger partial charge is 0.289 e. The Morgan fingerprint density at radius 1 is 1.03 bits per heavy atom. The van der Waals surface area contributed by atoms with E-state index in [0.717, 1.165) is 53.2 Å². The van der Waals surface area contributed by atoms with Crippen molar-refractivity contribution >= 4 is 5.69 Å². The molecule has 1 aromatic carbocycles. The van der Waals surface area contributed by atoms with Crippen LogP contribution in [-0.2, 0) is 36.2 Å². The number of nitrogens with zero attached hydrogens (tertiary/aromatic N) is 4. The summed E-state index contributed by atoms with van der Waals surface area (Å²) in [6, 6.07) is 7.31. The second-order valence-corrected chi connectivity index (χ2v) is 7.96. The van der Waals surface area contributed by atoms with Crippen molar-refractivity contribution in [3.05, 3.63) is 83.2 Å². The summed E-state index contributed by atoms with van der Waals surface area (Å²) in [5, 5.41) is 0. The number of fused-ring (bicyclic) bond motifs is 1. The average molecular weight is 427 g/mol. The Kier molecular flexibility index (Phi) is 4.86. The Hall–Kier alpha value is -3.04. The third kappa shape index (κ3) is 4.24. The molecule has 3 heterocycles. The van der Waals surface area contributed by atoms with E-state index in [0.29, 0.717) is 19.6 Å². The zero-order chi connectivity index (χ0) is 21.5. The van der Waals surface area contributed by atoms with Gasteiger partial charge >= 0.3 is 6.18 Å². The molecule has 1 fully saturated rings. The number of benzene rings is 1. The zero-order valence-corrected chi connectivity index (χ0v) is 16.6. The van der Waals surface area contributed by atoms with E-state index in [-0.39, 0.29) is 0 Å². The third-order valence-corrected chi connectivity index (χ3v) is 5.61. The highest BCUT2D eigenvalue weighted by molar-refractivity contribution is 5.44. The van der Waals surface area contributed by atoms with E-state index >= 15 is 0 Å². The van der Waals surface area contributed by atoms with Gasteiger partial charge in [-0.3, -0.25) is 30.2 Å².